The topological polar surface area (TPSA) is 49.4 Å². The Kier molecular flexibility index (Phi) is 7.35. The van der Waals surface area contributed by atoms with Crippen molar-refractivity contribution in [1.29, 1.82) is 0 Å². The SMILES string of the molecule is CCCCCN(C)S(=O)(=O)c1cccc(C(CC)NC)c1. The van der Waals surface area contributed by atoms with Crippen molar-refractivity contribution in [2.24, 2.45) is 0 Å². The number of nitrogens with zero attached hydrogens (tertiary/aromatic N) is 1. The molecule has 0 spiro atoms. The average Bonchev–Trinajstić information content (AvgIpc) is 2.49. The van der Waals surface area contributed by atoms with E-state index < -0.39 is 10.0 Å². The lowest BCUT2D eigenvalue weighted by Crippen LogP contribution is -2.28. The van der Waals surface area contributed by atoms with Gasteiger partial charge in [0.05, 0.1) is 4.90 Å². The number of benzene rings is 1. The van der Waals surface area contributed by atoms with E-state index in [-0.39, 0.29) is 6.04 Å². The summed E-state index contributed by atoms with van der Waals surface area (Å²) in [6, 6.07) is 7.45. The van der Waals surface area contributed by atoms with Crippen molar-refractivity contribution >= 4 is 10.0 Å². The van der Waals surface area contributed by atoms with Gasteiger partial charge in [-0.25, -0.2) is 12.7 Å². The molecule has 0 amide bonds. The molecule has 1 aromatic rings. The van der Waals surface area contributed by atoms with Gasteiger partial charge in [0.25, 0.3) is 0 Å². The zero-order valence-electron chi connectivity index (χ0n) is 13.6. The standard InChI is InChI=1S/C16H28N2O2S/c1-5-7-8-12-18(4)21(19,20)15-11-9-10-14(13-15)16(6-2)17-3/h9-11,13,16-17H,5-8,12H2,1-4H3. The molecule has 0 saturated heterocycles. The van der Waals surface area contributed by atoms with Gasteiger partial charge in [0.15, 0.2) is 0 Å². The normalized spacial score (nSPS) is 13.6. The van der Waals surface area contributed by atoms with Crippen LogP contribution >= 0.6 is 0 Å². The highest BCUT2D eigenvalue weighted by Gasteiger charge is 2.21. The molecular formula is C16H28N2O2S. The van der Waals surface area contributed by atoms with E-state index in [2.05, 4.69) is 19.2 Å². The molecule has 21 heavy (non-hydrogen) atoms. The highest BCUT2D eigenvalue weighted by atomic mass is 32.2. The average molecular weight is 312 g/mol. The second-order valence-electron chi connectivity index (χ2n) is 5.36. The highest BCUT2D eigenvalue weighted by molar-refractivity contribution is 7.89. The van der Waals surface area contributed by atoms with E-state index in [1.54, 1.807) is 19.2 Å². The van der Waals surface area contributed by atoms with Crippen LogP contribution in [0.15, 0.2) is 29.2 Å². The van der Waals surface area contributed by atoms with Gasteiger partial charge in [-0.1, -0.05) is 38.8 Å². The third-order valence-corrected chi connectivity index (χ3v) is 5.65. The van der Waals surface area contributed by atoms with Crippen LogP contribution in [-0.2, 0) is 10.0 Å². The number of unbranched alkanes of at least 4 members (excludes halogenated alkanes) is 2. The summed E-state index contributed by atoms with van der Waals surface area (Å²) in [6.45, 7) is 4.77. The van der Waals surface area contributed by atoms with Crippen molar-refractivity contribution in [3.05, 3.63) is 29.8 Å². The first kappa shape index (κ1) is 18.1. The fourth-order valence-corrected chi connectivity index (χ4v) is 3.65. The molecule has 1 unspecified atom stereocenters. The molecule has 0 heterocycles. The maximum atomic E-state index is 12.6. The van der Waals surface area contributed by atoms with Gasteiger partial charge in [-0.05, 0) is 37.6 Å². The lowest BCUT2D eigenvalue weighted by atomic mass is 10.1. The number of rotatable bonds is 9. The Bertz CT molecular complexity index is 525. The minimum Gasteiger partial charge on any atom is -0.313 e. The predicted octanol–water partition coefficient (Wildman–Crippen LogP) is 3.17. The van der Waals surface area contributed by atoms with Crippen molar-refractivity contribution in [2.75, 3.05) is 20.6 Å². The summed E-state index contributed by atoms with van der Waals surface area (Å²) in [5, 5.41) is 3.21. The number of nitrogens with one attached hydrogen (secondary N) is 1. The largest absolute Gasteiger partial charge is 0.313 e. The van der Waals surface area contributed by atoms with Crippen molar-refractivity contribution in [3.8, 4) is 0 Å². The first-order valence-electron chi connectivity index (χ1n) is 7.70. The molecule has 0 fully saturated rings. The van der Waals surface area contributed by atoms with Gasteiger partial charge in [-0.15, -0.1) is 0 Å². The van der Waals surface area contributed by atoms with Gasteiger partial charge in [-0.3, -0.25) is 0 Å². The van der Waals surface area contributed by atoms with Gasteiger partial charge in [0, 0.05) is 19.6 Å². The molecule has 5 heteroatoms. The molecule has 1 N–H and O–H groups in total. The van der Waals surface area contributed by atoms with E-state index >= 15 is 0 Å². The van der Waals surface area contributed by atoms with Gasteiger partial charge in [0.1, 0.15) is 0 Å². The van der Waals surface area contributed by atoms with E-state index in [0.29, 0.717) is 11.4 Å². The van der Waals surface area contributed by atoms with Crippen LogP contribution in [0.25, 0.3) is 0 Å². The quantitative estimate of drug-likeness (QED) is 0.713. The van der Waals surface area contributed by atoms with Crippen LogP contribution in [0.4, 0.5) is 0 Å². The van der Waals surface area contributed by atoms with Crippen LogP contribution in [0, 0.1) is 0 Å². The van der Waals surface area contributed by atoms with Crippen molar-refractivity contribution < 1.29 is 8.42 Å². The Morgan fingerprint density at radius 2 is 1.95 bits per heavy atom. The third-order valence-electron chi connectivity index (χ3n) is 3.80. The van der Waals surface area contributed by atoms with E-state index in [1.807, 2.05) is 19.2 Å². The minimum atomic E-state index is -3.39. The van der Waals surface area contributed by atoms with Crippen LogP contribution in [-0.4, -0.2) is 33.4 Å². The van der Waals surface area contributed by atoms with E-state index in [4.69, 9.17) is 0 Å². The second kappa shape index (κ2) is 8.51. The molecule has 0 aromatic heterocycles. The second-order valence-corrected chi connectivity index (χ2v) is 7.40. The molecule has 0 aliphatic rings. The summed E-state index contributed by atoms with van der Waals surface area (Å²) in [5.74, 6) is 0. The minimum absolute atomic E-state index is 0.186. The fraction of sp³-hybridized carbons (Fsp3) is 0.625. The number of sulfonamides is 1. The van der Waals surface area contributed by atoms with E-state index in [0.717, 1.165) is 31.2 Å². The van der Waals surface area contributed by atoms with Crippen molar-refractivity contribution in [3.63, 3.8) is 0 Å². The van der Waals surface area contributed by atoms with Crippen LogP contribution in [0.3, 0.4) is 0 Å². The molecule has 120 valence electrons. The first-order valence-corrected chi connectivity index (χ1v) is 9.14. The predicted molar refractivity (Wildman–Crippen MR) is 87.9 cm³/mol. The molecule has 0 radical (unpaired) electrons. The Labute approximate surface area is 129 Å². The van der Waals surface area contributed by atoms with Gasteiger partial charge >= 0.3 is 0 Å². The molecule has 1 aromatic carbocycles. The Balaban J connectivity index is 2.95. The maximum absolute atomic E-state index is 12.6. The van der Waals surface area contributed by atoms with Crippen LogP contribution in [0.2, 0.25) is 0 Å². The fourth-order valence-electron chi connectivity index (χ4n) is 2.38. The lowest BCUT2D eigenvalue weighted by molar-refractivity contribution is 0.454. The third kappa shape index (κ3) is 4.80. The lowest BCUT2D eigenvalue weighted by Gasteiger charge is -2.19. The summed E-state index contributed by atoms with van der Waals surface area (Å²) >= 11 is 0. The highest BCUT2D eigenvalue weighted by Crippen LogP contribution is 2.22. The molecule has 4 nitrogen and oxygen atoms in total. The van der Waals surface area contributed by atoms with Gasteiger partial charge in [-0.2, -0.15) is 0 Å². The summed E-state index contributed by atoms with van der Waals surface area (Å²) < 4.78 is 26.6. The smallest absolute Gasteiger partial charge is 0.242 e. The summed E-state index contributed by atoms with van der Waals surface area (Å²) in [6.07, 6.45) is 3.97. The Morgan fingerprint density at radius 1 is 1.24 bits per heavy atom. The van der Waals surface area contributed by atoms with Crippen LogP contribution < -0.4 is 5.32 Å². The summed E-state index contributed by atoms with van der Waals surface area (Å²) in [5.41, 5.74) is 1.02. The van der Waals surface area contributed by atoms with E-state index in [1.165, 1.54) is 4.31 Å². The zero-order valence-corrected chi connectivity index (χ0v) is 14.4. The Hall–Kier alpha value is -0.910. The molecule has 1 rings (SSSR count). The maximum Gasteiger partial charge on any atom is 0.242 e. The molecule has 0 aliphatic carbocycles. The molecular weight excluding hydrogens is 284 g/mol. The van der Waals surface area contributed by atoms with Crippen LogP contribution in [0.1, 0.15) is 51.1 Å². The molecule has 0 bridgehead atoms. The van der Waals surface area contributed by atoms with Crippen molar-refractivity contribution in [2.45, 2.75) is 50.5 Å². The van der Waals surface area contributed by atoms with Gasteiger partial charge < -0.3 is 5.32 Å². The summed E-state index contributed by atoms with van der Waals surface area (Å²) in [4.78, 5) is 0.382. The van der Waals surface area contributed by atoms with Crippen molar-refractivity contribution in [1.82, 2.24) is 9.62 Å². The molecule has 0 saturated carbocycles. The first-order chi connectivity index (χ1) is 9.97. The Morgan fingerprint density at radius 3 is 2.52 bits per heavy atom. The number of hydrogen-bond acceptors (Lipinski definition) is 3. The molecule has 0 aliphatic heterocycles. The van der Waals surface area contributed by atoms with E-state index in [9.17, 15) is 8.42 Å². The monoisotopic (exact) mass is 312 g/mol. The van der Waals surface area contributed by atoms with Crippen LogP contribution in [0.5, 0.6) is 0 Å². The number of hydrogen-bond donors (Lipinski definition) is 1. The zero-order chi connectivity index (χ0) is 15.9. The van der Waals surface area contributed by atoms with Gasteiger partial charge in [0.2, 0.25) is 10.0 Å². The molecule has 1 atom stereocenters. The summed E-state index contributed by atoms with van der Waals surface area (Å²) in [7, 11) is 0.168.